The minimum absolute atomic E-state index is 0.0612. The van der Waals surface area contributed by atoms with Gasteiger partial charge in [-0.2, -0.15) is 0 Å². The van der Waals surface area contributed by atoms with Gasteiger partial charge in [-0.25, -0.2) is 0 Å². The molecule has 0 spiro atoms. The van der Waals surface area contributed by atoms with Gasteiger partial charge in [-0.1, -0.05) is 17.8 Å². The topological polar surface area (TPSA) is 58.1 Å². The lowest BCUT2D eigenvalue weighted by atomic mass is 10.0. The second-order valence-corrected chi connectivity index (χ2v) is 6.08. The average Bonchev–Trinajstić information content (AvgIpc) is 3.02. The molecular weight excluding hydrogens is 248 g/mol. The Balaban J connectivity index is 1.67. The molecule has 1 amide bonds. The maximum atomic E-state index is 12.3. The molecule has 2 aliphatic rings. The van der Waals surface area contributed by atoms with Crippen LogP contribution in [0.3, 0.4) is 0 Å². The Morgan fingerprint density at radius 3 is 2.78 bits per heavy atom. The summed E-state index contributed by atoms with van der Waals surface area (Å²) >= 11 is 1.36. The van der Waals surface area contributed by atoms with E-state index in [2.05, 4.69) is 15.5 Å². The molecule has 1 saturated heterocycles. The van der Waals surface area contributed by atoms with E-state index in [0.717, 1.165) is 36.6 Å². The Hall–Kier alpha value is -1.17. The first-order valence-corrected chi connectivity index (χ1v) is 7.46. The normalized spacial score (nSPS) is 26.4. The number of hydrogen-bond acceptors (Lipinski definition) is 5. The molecule has 2 atom stereocenters. The van der Waals surface area contributed by atoms with Gasteiger partial charge in [0.15, 0.2) is 0 Å². The highest BCUT2D eigenvalue weighted by Crippen LogP contribution is 2.38. The molecule has 2 fully saturated rings. The Labute approximate surface area is 111 Å². The number of aromatic nitrogens is 2. The van der Waals surface area contributed by atoms with Crippen LogP contribution in [-0.4, -0.2) is 40.6 Å². The van der Waals surface area contributed by atoms with E-state index in [-0.39, 0.29) is 5.91 Å². The predicted molar refractivity (Wildman–Crippen MR) is 70.8 cm³/mol. The largest absolute Gasteiger partial charge is 0.360 e. The van der Waals surface area contributed by atoms with Gasteiger partial charge in [0.2, 0.25) is 10.1 Å². The van der Waals surface area contributed by atoms with Crippen LogP contribution >= 0.6 is 11.3 Å². The molecule has 1 aliphatic carbocycles. The van der Waals surface area contributed by atoms with Crippen LogP contribution in [0.1, 0.15) is 36.0 Å². The van der Waals surface area contributed by atoms with Crippen LogP contribution in [0.5, 0.6) is 0 Å². The highest BCUT2D eigenvalue weighted by Gasteiger charge is 2.38. The molecule has 2 heterocycles. The van der Waals surface area contributed by atoms with Crippen LogP contribution in [-0.2, 0) is 0 Å². The number of likely N-dealkylation sites (tertiary alicyclic amines) is 1. The van der Waals surface area contributed by atoms with Crippen LogP contribution in [0.4, 0.5) is 5.13 Å². The van der Waals surface area contributed by atoms with Gasteiger partial charge < -0.3 is 10.2 Å². The first kappa shape index (κ1) is 11.9. The van der Waals surface area contributed by atoms with Crippen LogP contribution in [0, 0.1) is 11.8 Å². The van der Waals surface area contributed by atoms with Crippen LogP contribution in [0.25, 0.3) is 0 Å². The van der Waals surface area contributed by atoms with Crippen molar-refractivity contribution in [1.29, 1.82) is 0 Å². The third-order valence-corrected chi connectivity index (χ3v) is 4.82. The number of anilines is 1. The zero-order valence-corrected chi connectivity index (χ0v) is 11.4. The first-order chi connectivity index (χ1) is 8.78. The molecule has 0 bridgehead atoms. The minimum Gasteiger partial charge on any atom is -0.360 e. The zero-order chi connectivity index (χ0) is 12.5. The van der Waals surface area contributed by atoms with Crippen molar-refractivity contribution in [1.82, 2.24) is 15.1 Å². The smallest absolute Gasteiger partial charge is 0.284 e. The van der Waals surface area contributed by atoms with E-state index in [0.29, 0.717) is 5.01 Å². The molecule has 18 heavy (non-hydrogen) atoms. The van der Waals surface area contributed by atoms with Gasteiger partial charge in [-0.15, -0.1) is 10.2 Å². The highest BCUT2D eigenvalue weighted by atomic mass is 32.1. The number of nitrogens with one attached hydrogen (secondary N) is 1. The molecule has 0 aromatic carbocycles. The van der Waals surface area contributed by atoms with Crippen molar-refractivity contribution in [2.24, 2.45) is 11.8 Å². The van der Waals surface area contributed by atoms with Gasteiger partial charge >= 0.3 is 0 Å². The second kappa shape index (κ2) is 4.84. The SMILES string of the molecule is CCNc1nnc(C(=O)N2CC3CCCC3C2)s1. The van der Waals surface area contributed by atoms with Crippen molar-refractivity contribution in [2.45, 2.75) is 26.2 Å². The maximum Gasteiger partial charge on any atom is 0.284 e. The Kier molecular flexibility index (Phi) is 3.20. The van der Waals surface area contributed by atoms with Gasteiger partial charge in [0.25, 0.3) is 5.91 Å². The van der Waals surface area contributed by atoms with Gasteiger partial charge in [-0.3, -0.25) is 4.79 Å². The second-order valence-electron chi connectivity index (χ2n) is 5.10. The van der Waals surface area contributed by atoms with Gasteiger partial charge in [-0.05, 0) is 31.6 Å². The minimum atomic E-state index is 0.0612. The predicted octanol–water partition coefficient (Wildman–Crippen LogP) is 1.84. The summed E-state index contributed by atoms with van der Waals surface area (Å²) in [5.74, 6) is 1.52. The van der Waals surface area contributed by atoms with Crippen molar-refractivity contribution in [3.63, 3.8) is 0 Å². The van der Waals surface area contributed by atoms with E-state index in [1.165, 1.54) is 30.6 Å². The molecule has 1 N–H and O–H groups in total. The van der Waals surface area contributed by atoms with Crippen molar-refractivity contribution in [3.8, 4) is 0 Å². The van der Waals surface area contributed by atoms with Crippen LogP contribution in [0.15, 0.2) is 0 Å². The molecule has 6 heteroatoms. The van der Waals surface area contributed by atoms with Crippen molar-refractivity contribution in [2.75, 3.05) is 25.0 Å². The van der Waals surface area contributed by atoms with E-state index >= 15 is 0 Å². The lowest BCUT2D eigenvalue weighted by Gasteiger charge is -2.14. The molecule has 0 radical (unpaired) electrons. The molecule has 1 aromatic rings. The summed E-state index contributed by atoms with van der Waals surface area (Å²) in [6.07, 6.45) is 3.90. The van der Waals surface area contributed by atoms with E-state index in [1.807, 2.05) is 11.8 Å². The third-order valence-electron chi connectivity index (χ3n) is 3.95. The zero-order valence-electron chi connectivity index (χ0n) is 10.6. The highest BCUT2D eigenvalue weighted by molar-refractivity contribution is 7.17. The monoisotopic (exact) mass is 266 g/mol. The van der Waals surface area contributed by atoms with Crippen LogP contribution < -0.4 is 5.32 Å². The summed E-state index contributed by atoms with van der Waals surface area (Å²) in [5, 5.41) is 12.3. The molecule has 98 valence electrons. The standard InChI is InChI=1S/C12H18N4OS/c1-2-13-12-15-14-10(18-12)11(17)16-6-8-4-3-5-9(8)7-16/h8-9H,2-7H2,1H3,(H,13,15). The summed E-state index contributed by atoms with van der Waals surface area (Å²) < 4.78 is 0. The lowest BCUT2D eigenvalue weighted by molar-refractivity contribution is 0.0779. The molecule has 2 unspecified atom stereocenters. The summed E-state index contributed by atoms with van der Waals surface area (Å²) in [4.78, 5) is 14.3. The molecule has 3 rings (SSSR count). The quantitative estimate of drug-likeness (QED) is 0.907. The van der Waals surface area contributed by atoms with Gasteiger partial charge in [0.05, 0.1) is 0 Å². The van der Waals surface area contributed by atoms with Crippen molar-refractivity contribution < 1.29 is 4.79 Å². The number of amides is 1. The van der Waals surface area contributed by atoms with E-state index in [4.69, 9.17) is 0 Å². The molecule has 1 aromatic heterocycles. The Morgan fingerprint density at radius 1 is 1.39 bits per heavy atom. The lowest BCUT2D eigenvalue weighted by Crippen LogP contribution is -2.29. The fourth-order valence-corrected chi connectivity index (χ4v) is 3.85. The van der Waals surface area contributed by atoms with Crippen molar-refractivity contribution >= 4 is 22.4 Å². The fraction of sp³-hybridized carbons (Fsp3) is 0.750. The first-order valence-electron chi connectivity index (χ1n) is 6.64. The van der Waals surface area contributed by atoms with Gasteiger partial charge in [0.1, 0.15) is 0 Å². The Morgan fingerprint density at radius 2 is 2.11 bits per heavy atom. The number of carbonyl (C=O) groups excluding carboxylic acids is 1. The summed E-state index contributed by atoms with van der Waals surface area (Å²) in [6, 6.07) is 0. The third kappa shape index (κ3) is 2.09. The summed E-state index contributed by atoms with van der Waals surface area (Å²) in [7, 11) is 0. The number of nitrogens with zero attached hydrogens (tertiary/aromatic N) is 3. The molecule has 1 saturated carbocycles. The summed E-state index contributed by atoms with van der Waals surface area (Å²) in [6.45, 7) is 4.64. The molecule has 5 nitrogen and oxygen atoms in total. The number of carbonyl (C=O) groups is 1. The van der Waals surface area contributed by atoms with E-state index in [1.54, 1.807) is 0 Å². The van der Waals surface area contributed by atoms with E-state index in [9.17, 15) is 4.79 Å². The number of rotatable bonds is 3. The summed E-state index contributed by atoms with van der Waals surface area (Å²) in [5.41, 5.74) is 0. The number of fused-ring (bicyclic) bond motifs is 1. The van der Waals surface area contributed by atoms with Crippen molar-refractivity contribution in [3.05, 3.63) is 5.01 Å². The van der Waals surface area contributed by atoms with E-state index < -0.39 is 0 Å². The van der Waals surface area contributed by atoms with Gasteiger partial charge in [0, 0.05) is 19.6 Å². The maximum absolute atomic E-state index is 12.3. The molecule has 1 aliphatic heterocycles. The average molecular weight is 266 g/mol. The van der Waals surface area contributed by atoms with Crippen LogP contribution in [0.2, 0.25) is 0 Å². The molecular formula is C12H18N4OS. The Bertz CT molecular complexity index is 435. The number of hydrogen-bond donors (Lipinski definition) is 1. The fourth-order valence-electron chi connectivity index (χ4n) is 3.07.